The Morgan fingerprint density at radius 2 is 1.57 bits per heavy atom. The number of rotatable bonds is 9. The summed E-state index contributed by atoms with van der Waals surface area (Å²) in [5, 5.41) is 12.8. The molecule has 0 aromatic heterocycles. The number of phenols is 1. The molecule has 1 saturated heterocycles. The maximum Gasteiger partial charge on any atom is 0.295 e. The van der Waals surface area contributed by atoms with Gasteiger partial charge in [0.2, 0.25) is 5.91 Å². The summed E-state index contributed by atoms with van der Waals surface area (Å²) in [6.07, 6.45) is 0. The van der Waals surface area contributed by atoms with Crippen molar-refractivity contribution in [3.05, 3.63) is 113 Å². The van der Waals surface area contributed by atoms with Crippen molar-refractivity contribution >= 4 is 56.4 Å². The summed E-state index contributed by atoms with van der Waals surface area (Å²) in [5.74, 6) is -0.501. The van der Waals surface area contributed by atoms with E-state index in [1.807, 2.05) is 6.07 Å². The van der Waals surface area contributed by atoms with Crippen molar-refractivity contribution in [3.8, 4) is 11.5 Å². The predicted octanol–water partition coefficient (Wildman–Crippen LogP) is 4.97. The number of benzene rings is 4. The first-order chi connectivity index (χ1) is 21.1. The lowest BCUT2D eigenvalue weighted by Gasteiger charge is -2.36. The maximum atomic E-state index is 13.7. The highest BCUT2D eigenvalue weighted by Crippen LogP contribution is 2.32. The van der Waals surface area contributed by atoms with Crippen molar-refractivity contribution in [1.29, 1.82) is 0 Å². The first-order valence-electron chi connectivity index (χ1n) is 13.6. The van der Waals surface area contributed by atoms with E-state index >= 15 is 0 Å². The molecule has 228 valence electrons. The Labute approximate surface area is 265 Å². The van der Waals surface area contributed by atoms with E-state index in [0.29, 0.717) is 31.2 Å². The molecule has 0 radical (unpaired) electrons. The Bertz CT molecular complexity index is 1750. The molecule has 1 heterocycles. The van der Waals surface area contributed by atoms with Crippen LogP contribution >= 0.6 is 23.2 Å². The van der Waals surface area contributed by atoms with Crippen LogP contribution in [0, 0.1) is 0 Å². The molecule has 2 N–H and O–H groups in total. The van der Waals surface area contributed by atoms with Crippen LogP contribution in [0.4, 0.5) is 11.4 Å². The van der Waals surface area contributed by atoms with Gasteiger partial charge in [0.05, 0.1) is 22.2 Å². The van der Waals surface area contributed by atoms with Gasteiger partial charge in [-0.15, -0.1) is 0 Å². The molecule has 4 aromatic carbocycles. The fourth-order valence-corrected chi connectivity index (χ4v) is 6.27. The number of phenolic OH excluding ortho intramolecular Hbond substituents is 1. The van der Waals surface area contributed by atoms with Gasteiger partial charge < -0.3 is 25.1 Å². The van der Waals surface area contributed by atoms with Crippen LogP contribution in [0.3, 0.4) is 0 Å². The van der Waals surface area contributed by atoms with Crippen molar-refractivity contribution in [3.63, 3.8) is 0 Å². The number of anilines is 2. The Morgan fingerprint density at radius 3 is 2.23 bits per heavy atom. The van der Waals surface area contributed by atoms with Crippen LogP contribution in [0.1, 0.15) is 10.4 Å². The number of aromatic hydroxyl groups is 1. The summed E-state index contributed by atoms with van der Waals surface area (Å²) >= 11 is 12.2. The number of hydrogen-bond donors (Lipinski definition) is 2. The number of hydrogen-bond acceptors (Lipinski definition) is 7. The maximum absolute atomic E-state index is 13.7. The van der Waals surface area contributed by atoms with E-state index < -0.39 is 15.9 Å². The van der Waals surface area contributed by atoms with Crippen molar-refractivity contribution in [2.24, 2.45) is 0 Å². The third-order valence-corrected chi connectivity index (χ3v) is 9.02. The van der Waals surface area contributed by atoms with Gasteiger partial charge in [0.15, 0.2) is 5.75 Å². The molecule has 0 bridgehead atoms. The normalized spacial score (nSPS) is 13.3. The minimum absolute atomic E-state index is 0.0740. The Hall–Kier alpha value is -4.45. The summed E-state index contributed by atoms with van der Waals surface area (Å²) in [7, 11) is -4.28. The third-order valence-electron chi connectivity index (χ3n) is 6.90. The van der Waals surface area contributed by atoms with Gasteiger partial charge in [-0.25, -0.2) is 0 Å². The van der Waals surface area contributed by atoms with Gasteiger partial charge >= 0.3 is 0 Å². The number of para-hydroxylation sites is 1. The summed E-state index contributed by atoms with van der Waals surface area (Å²) < 4.78 is 28.1. The Morgan fingerprint density at radius 1 is 0.864 bits per heavy atom. The quantitative estimate of drug-likeness (QED) is 0.245. The average Bonchev–Trinajstić information content (AvgIpc) is 3.03. The number of halogens is 2. The molecule has 0 saturated carbocycles. The van der Waals surface area contributed by atoms with Gasteiger partial charge in [-0.05, 0) is 66.7 Å². The van der Waals surface area contributed by atoms with Crippen LogP contribution in [0.5, 0.6) is 11.5 Å². The van der Waals surface area contributed by atoms with E-state index in [1.165, 1.54) is 42.5 Å². The zero-order chi connectivity index (χ0) is 31.3. The SMILES string of the molecule is O=C(NCC(=O)N1CCN(c2cccc(O)c2)CC1)c1ccc(S(=O)(=O)N(Oc2ccc(Cl)cc2Cl)c2ccccc2)cc1. The molecule has 10 nitrogen and oxygen atoms in total. The number of piperazine rings is 1. The van der Waals surface area contributed by atoms with Gasteiger partial charge in [-0.1, -0.05) is 51.9 Å². The zero-order valence-corrected chi connectivity index (χ0v) is 25.6. The topological polar surface area (TPSA) is 119 Å². The highest BCUT2D eigenvalue weighted by atomic mass is 35.5. The molecule has 44 heavy (non-hydrogen) atoms. The van der Waals surface area contributed by atoms with Gasteiger partial charge in [-0.2, -0.15) is 8.42 Å². The molecule has 4 aromatic rings. The number of nitrogens with zero attached hydrogens (tertiary/aromatic N) is 3. The van der Waals surface area contributed by atoms with Gasteiger partial charge in [-0.3, -0.25) is 9.59 Å². The summed E-state index contributed by atoms with van der Waals surface area (Å²) in [5.41, 5.74) is 1.28. The second kappa shape index (κ2) is 13.5. The van der Waals surface area contributed by atoms with Crippen molar-refractivity contribution < 1.29 is 28.0 Å². The number of amides is 2. The molecule has 0 unspecified atom stereocenters. The number of carbonyl (C=O) groups excluding carboxylic acids is 2. The molecular formula is C31H28Cl2N4O6S. The number of nitrogens with one attached hydrogen (secondary N) is 1. The lowest BCUT2D eigenvalue weighted by molar-refractivity contribution is -0.130. The second-order valence-corrected chi connectivity index (χ2v) is 12.4. The first-order valence-corrected chi connectivity index (χ1v) is 15.7. The second-order valence-electron chi connectivity index (χ2n) is 9.83. The molecule has 1 aliphatic heterocycles. The van der Waals surface area contributed by atoms with E-state index in [4.69, 9.17) is 28.0 Å². The first kappa shape index (κ1) is 31.0. The lowest BCUT2D eigenvalue weighted by atomic mass is 10.2. The molecular weight excluding hydrogens is 627 g/mol. The molecule has 1 fully saturated rings. The molecule has 0 aliphatic carbocycles. The molecule has 0 spiro atoms. The molecule has 2 amide bonds. The molecule has 0 atom stereocenters. The molecule has 1 aliphatic rings. The third kappa shape index (κ3) is 7.19. The average molecular weight is 656 g/mol. The fourth-order valence-electron chi connectivity index (χ4n) is 4.58. The summed E-state index contributed by atoms with van der Waals surface area (Å²) in [6, 6.07) is 24.8. The van der Waals surface area contributed by atoms with Crippen molar-refractivity contribution in [2.75, 3.05) is 42.1 Å². The van der Waals surface area contributed by atoms with Crippen LogP contribution in [0.15, 0.2) is 102 Å². The van der Waals surface area contributed by atoms with Crippen LogP contribution in [0.25, 0.3) is 0 Å². The standard InChI is InChI=1S/C31H28Cl2N4O6S/c32-23-11-14-29(28(33)19-23)43-37(24-5-2-1-3-6-24)44(41,42)27-12-9-22(10-13-27)31(40)34-21-30(39)36-17-15-35(16-18-36)25-7-4-8-26(38)20-25/h1-14,19-20,38H,15-18,21H2,(H,34,40). The highest BCUT2D eigenvalue weighted by Gasteiger charge is 2.29. The van der Waals surface area contributed by atoms with E-state index in [1.54, 1.807) is 53.4 Å². The highest BCUT2D eigenvalue weighted by molar-refractivity contribution is 7.92. The summed E-state index contributed by atoms with van der Waals surface area (Å²) in [4.78, 5) is 34.9. The monoisotopic (exact) mass is 654 g/mol. The van der Waals surface area contributed by atoms with E-state index in [9.17, 15) is 23.1 Å². The van der Waals surface area contributed by atoms with Crippen molar-refractivity contribution in [2.45, 2.75) is 4.90 Å². The van der Waals surface area contributed by atoms with E-state index in [0.717, 1.165) is 10.2 Å². The van der Waals surface area contributed by atoms with Crippen LogP contribution in [0.2, 0.25) is 10.0 Å². The van der Waals surface area contributed by atoms with Gasteiger partial charge in [0.1, 0.15) is 5.75 Å². The number of carbonyl (C=O) groups is 2. The van der Waals surface area contributed by atoms with Gasteiger partial charge in [0.25, 0.3) is 15.9 Å². The summed E-state index contributed by atoms with van der Waals surface area (Å²) in [6.45, 7) is 1.92. The predicted molar refractivity (Wildman–Crippen MR) is 169 cm³/mol. The van der Waals surface area contributed by atoms with E-state index in [-0.39, 0.29) is 45.1 Å². The van der Waals surface area contributed by atoms with Crippen LogP contribution in [-0.2, 0) is 14.8 Å². The largest absolute Gasteiger partial charge is 0.508 e. The minimum atomic E-state index is -4.28. The molecule has 13 heteroatoms. The number of sulfonamides is 1. The smallest absolute Gasteiger partial charge is 0.295 e. The lowest BCUT2D eigenvalue weighted by Crippen LogP contribution is -2.51. The van der Waals surface area contributed by atoms with E-state index in [2.05, 4.69) is 10.2 Å². The Balaban J connectivity index is 1.22. The Kier molecular flexibility index (Phi) is 9.48. The van der Waals surface area contributed by atoms with Crippen LogP contribution < -0.4 is 19.5 Å². The minimum Gasteiger partial charge on any atom is -0.508 e. The molecule has 5 rings (SSSR count). The van der Waals surface area contributed by atoms with Gasteiger partial charge in [0, 0.05) is 48.5 Å². The zero-order valence-electron chi connectivity index (χ0n) is 23.3. The van der Waals surface area contributed by atoms with Crippen molar-refractivity contribution in [1.82, 2.24) is 10.2 Å². The fraction of sp³-hybridized carbons (Fsp3) is 0.161. The van der Waals surface area contributed by atoms with Crippen LogP contribution in [-0.4, -0.2) is 63.0 Å².